The van der Waals surface area contributed by atoms with E-state index in [0.29, 0.717) is 29.4 Å². The summed E-state index contributed by atoms with van der Waals surface area (Å²) in [4.78, 5) is 24.4. The van der Waals surface area contributed by atoms with Crippen molar-refractivity contribution in [3.8, 4) is 17.2 Å². The second-order valence-corrected chi connectivity index (χ2v) is 7.69. The Labute approximate surface area is 205 Å². The van der Waals surface area contributed by atoms with Crippen LogP contribution in [0.3, 0.4) is 0 Å². The van der Waals surface area contributed by atoms with Gasteiger partial charge in [0, 0.05) is 11.6 Å². The van der Waals surface area contributed by atoms with Crippen molar-refractivity contribution < 1.29 is 23.8 Å². The highest BCUT2D eigenvalue weighted by atomic mass is 32.1. The average Bonchev–Trinajstić information content (AvgIpc) is 2.86. The lowest BCUT2D eigenvalue weighted by Gasteiger charge is -2.10. The summed E-state index contributed by atoms with van der Waals surface area (Å²) in [5, 5.41) is 2.42. The first-order valence-corrected chi connectivity index (χ1v) is 11.4. The number of benzene rings is 2. The zero-order chi connectivity index (χ0) is 24.8. The number of hydrogen-bond donors (Lipinski definition) is 3. The van der Waals surface area contributed by atoms with Crippen molar-refractivity contribution >= 4 is 35.2 Å². The van der Waals surface area contributed by atoms with Crippen LogP contribution in [0.1, 0.15) is 48.5 Å². The SMILES string of the molecule is CCCCCCOc1ccc(C(=O)NNC(=S)NC(=O)/C=C/c2ccc(OC)c(OC)c2)cc1. The lowest BCUT2D eigenvalue weighted by atomic mass is 10.2. The first-order valence-electron chi connectivity index (χ1n) is 11.0. The van der Waals surface area contributed by atoms with E-state index >= 15 is 0 Å². The van der Waals surface area contributed by atoms with Gasteiger partial charge in [0.05, 0.1) is 20.8 Å². The van der Waals surface area contributed by atoms with Crippen LogP contribution in [0.25, 0.3) is 6.08 Å². The zero-order valence-electron chi connectivity index (χ0n) is 19.7. The van der Waals surface area contributed by atoms with Crippen molar-refractivity contribution in [1.82, 2.24) is 16.2 Å². The van der Waals surface area contributed by atoms with Gasteiger partial charge in [-0.1, -0.05) is 32.3 Å². The van der Waals surface area contributed by atoms with Gasteiger partial charge in [0.15, 0.2) is 16.6 Å². The molecular weight excluding hydrogens is 454 g/mol. The van der Waals surface area contributed by atoms with E-state index in [2.05, 4.69) is 23.1 Å². The quantitative estimate of drug-likeness (QED) is 0.191. The number of carbonyl (C=O) groups is 2. The number of unbranched alkanes of at least 4 members (excludes halogenated alkanes) is 3. The standard InChI is InChI=1S/C25H31N3O5S/c1-4-5-6-7-16-33-20-12-10-19(11-13-20)24(30)27-28-25(34)26-23(29)15-9-18-8-14-21(31-2)22(17-18)32-3/h8-15,17H,4-7,16H2,1-3H3,(H,27,30)(H2,26,28,29,34)/b15-9+. The van der Waals surface area contributed by atoms with Crippen LogP contribution >= 0.6 is 12.2 Å². The van der Waals surface area contributed by atoms with Crippen molar-refractivity contribution in [2.75, 3.05) is 20.8 Å². The molecule has 2 aromatic rings. The molecule has 0 saturated carbocycles. The van der Waals surface area contributed by atoms with Crippen LogP contribution in [0.2, 0.25) is 0 Å². The number of hydrogen-bond acceptors (Lipinski definition) is 6. The molecule has 9 heteroatoms. The molecule has 0 aliphatic rings. The van der Waals surface area contributed by atoms with E-state index in [1.54, 1.807) is 55.7 Å². The molecule has 0 aliphatic heterocycles. The topological polar surface area (TPSA) is 97.9 Å². The van der Waals surface area contributed by atoms with Gasteiger partial charge in [-0.25, -0.2) is 0 Å². The first kappa shape index (κ1) is 26.7. The molecule has 0 radical (unpaired) electrons. The average molecular weight is 486 g/mol. The predicted octanol–water partition coefficient (Wildman–Crippen LogP) is 4.01. The Morgan fingerprint density at radius 2 is 1.68 bits per heavy atom. The molecule has 0 spiro atoms. The zero-order valence-corrected chi connectivity index (χ0v) is 20.5. The summed E-state index contributed by atoms with van der Waals surface area (Å²) in [6.07, 6.45) is 7.45. The van der Waals surface area contributed by atoms with Crippen molar-refractivity contribution in [2.45, 2.75) is 32.6 Å². The van der Waals surface area contributed by atoms with Crippen LogP contribution in [0.15, 0.2) is 48.5 Å². The Balaban J connectivity index is 1.76. The molecule has 0 bridgehead atoms. The molecule has 2 rings (SSSR count). The molecule has 2 aromatic carbocycles. The van der Waals surface area contributed by atoms with E-state index in [0.717, 1.165) is 18.4 Å². The van der Waals surface area contributed by atoms with E-state index in [1.807, 2.05) is 0 Å². The normalized spacial score (nSPS) is 10.4. The fourth-order valence-electron chi connectivity index (χ4n) is 2.92. The van der Waals surface area contributed by atoms with Crippen LogP contribution in [-0.4, -0.2) is 37.8 Å². The minimum absolute atomic E-state index is 0.0395. The maximum atomic E-state index is 12.3. The van der Waals surface area contributed by atoms with E-state index in [9.17, 15) is 9.59 Å². The monoisotopic (exact) mass is 485 g/mol. The molecule has 0 atom stereocenters. The number of carbonyl (C=O) groups excluding carboxylic acids is 2. The summed E-state index contributed by atoms with van der Waals surface area (Å²) in [6.45, 7) is 2.82. The minimum atomic E-state index is -0.457. The van der Waals surface area contributed by atoms with Gasteiger partial charge < -0.3 is 14.2 Å². The second-order valence-electron chi connectivity index (χ2n) is 7.28. The molecule has 2 amide bonds. The van der Waals surface area contributed by atoms with Crippen LogP contribution in [0.5, 0.6) is 17.2 Å². The number of nitrogens with one attached hydrogen (secondary N) is 3. The molecule has 0 aromatic heterocycles. The molecule has 8 nitrogen and oxygen atoms in total. The van der Waals surface area contributed by atoms with Gasteiger partial charge in [0.2, 0.25) is 5.91 Å². The fraction of sp³-hybridized carbons (Fsp3) is 0.320. The molecule has 0 unspecified atom stereocenters. The van der Waals surface area contributed by atoms with E-state index < -0.39 is 11.8 Å². The fourth-order valence-corrected chi connectivity index (χ4v) is 3.07. The van der Waals surface area contributed by atoms with Crippen LogP contribution in [0.4, 0.5) is 0 Å². The molecule has 0 heterocycles. The summed E-state index contributed by atoms with van der Waals surface area (Å²) < 4.78 is 16.1. The summed E-state index contributed by atoms with van der Waals surface area (Å²) >= 11 is 5.05. The highest BCUT2D eigenvalue weighted by Gasteiger charge is 2.08. The number of thiocarbonyl (C=S) groups is 1. The van der Waals surface area contributed by atoms with Gasteiger partial charge in [-0.3, -0.25) is 25.8 Å². The van der Waals surface area contributed by atoms with Gasteiger partial charge in [0.1, 0.15) is 5.75 Å². The number of ether oxygens (including phenoxy) is 3. The smallest absolute Gasteiger partial charge is 0.269 e. The van der Waals surface area contributed by atoms with Gasteiger partial charge >= 0.3 is 0 Å². The first-order chi connectivity index (χ1) is 16.5. The predicted molar refractivity (Wildman–Crippen MR) is 136 cm³/mol. The van der Waals surface area contributed by atoms with Crippen molar-refractivity contribution in [3.63, 3.8) is 0 Å². The molecule has 182 valence electrons. The van der Waals surface area contributed by atoms with Crippen molar-refractivity contribution in [2.24, 2.45) is 0 Å². The summed E-state index contributed by atoms with van der Waals surface area (Å²) in [5.74, 6) is 1.00. The third-order valence-electron chi connectivity index (χ3n) is 4.74. The second kappa shape index (κ2) is 14.5. The number of amides is 2. The van der Waals surface area contributed by atoms with Gasteiger partial charge in [-0.05, 0) is 66.7 Å². The van der Waals surface area contributed by atoms with Crippen molar-refractivity contribution in [3.05, 3.63) is 59.7 Å². The summed E-state index contributed by atoms with van der Waals surface area (Å²) in [7, 11) is 3.08. The Morgan fingerprint density at radius 3 is 2.35 bits per heavy atom. The maximum Gasteiger partial charge on any atom is 0.269 e. The molecule has 34 heavy (non-hydrogen) atoms. The van der Waals surface area contributed by atoms with E-state index in [-0.39, 0.29) is 5.11 Å². The summed E-state index contributed by atoms with van der Waals surface area (Å²) in [5.41, 5.74) is 6.13. The van der Waals surface area contributed by atoms with Crippen molar-refractivity contribution in [1.29, 1.82) is 0 Å². The van der Waals surface area contributed by atoms with E-state index in [4.69, 9.17) is 26.4 Å². The number of methoxy groups -OCH3 is 2. The molecule has 0 fully saturated rings. The Bertz CT molecular complexity index is 993. The number of rotatable bonds is 11. The Morgan fingerprint density at radius 1 is 0.941 bits per heavy atom. The Kier molecular flexibility index (Phi) is 11.4. The van der Waals surface area contributed by atoms with Crippen LogP contribution < -0.4 is 30.4 Å². The minimum Gasteiger partial charge on any atom is -0.494 e. The molecule has 3 N–H and O–H groups in total. The number of hydrazine groups is 1. The third-order valence-corrected chi connectivity index (χ3v) is 4.95. The lowest BCUT2D eigenvalue weighted by Crippen LogP contribution is -2.48. The molecule has 0 aliphatic carbocycles. The van der Waals surface area contributed by atoms with Crippen LogP contribution in [0, 0.1) is 0 Å². The largest absolute Gasteiger partial charge is 0.494 e. The van der Waals surface area contributed by atoms with Crippen LogP contribution in [-0.2, 0) is 4.79 Å². The molecular formula is C25H31N3O5S. The maximum absolute atomic E-state index is 12.3. The highest BCUT2D eigenvalue weighted by molar-refractivity contribution is 7.80. The van der Waals surface area contributed by atoms with Gasteiger partial charge in [-0.15, -0.1) is 0 Å². The Hall–Kier alpha value is -3.59. The van der Waals surface area contributed by atoms with Gasteiger partial charge in [0.25, 0.3) is 5.91 Å². The van der Waals surface area contributed by atoms with E-state index in [1.165, 1.54) is 26.0 Å². The van der Waals surface area contributed by atoms with Gasteiger partial charge in [-0.2, -0.15) is 0 Å². The lowest BCUT2D eigenvalue weighted by molar-refractivity contribution is -0.115. The summed E-state index contributed by atoms with van der Waals surface area (Å²) in [6, 6.07) is 12.1. The third kappa shape index (κ3) is 9.11. The molecule has 0 saturated heterocycles. The highest BCUT2D eigenvalue weighted by Crippen LogP contribution is 2.27.